The Morgan fingerprint density at radius 2 is 2.18 bits per heavy atom. The Morgan fingerprint density at radius 1 is 1.32 bits per heavy atom. The fourth-order valence-corrected chi connectivity index (χ4v) is 3.18. The lowest BCUT2D eigenvalue weighted by Gasteiger charge is -2.27. The third-order valence-corrected chi connectivity index (χ3v) is 4.74. The van der Waals surface area contributed by atoms with Gasteiger partial charge in [-0.25, -0.2) is 9.97 Å². The molecule has 0 unspecified atom stereocenters. The number of rotatable bonds is 4. The minimum Gasteiger partial charge on any atom is -0.294 e. The van der Waals surface area contributed by atoms with Crippen LogP contribution in [0.15, 0.2) is 12.4 Å². The van der Waals surface area contributed by atoms with Crippen LogP contribution in [0.3, 0.4) is 0 Å². The molecule has 1 aliphatic carbocycles. The Morgan fingerprint density at radius 3 is 2.91 bits per heavy atom. The Bertz CT molecular complexity index is 686. The fraction of sp³-hybridized carbons (Fsp3) is 0.588. The highest BCUT2D eigenvalue weighted by Crippen LogP contribution is 2.38. The van der Waals surface area contributed by atoms with Crippen molar-refractivity contribution in [2.45, 2.75) is 58.7 Å². The monoisotopic (exact) mass is 297 g/mol. The highest BCUT2D eigenvalue weighted by molar-refractivity contribution is 5.23. The summed E-state index contributed by atoms with van der Waals surface area (Å²) in [5.74, 6) is 1.72. The molecule has 0 aromatic carbocycles. The predicted octanol–water partition coefficient (Wildman–Crippen LogP) is 2.44. The number of hydrogen-bond acceptors (Lipinski definition) is 4. The molecule has 2 aliphatic rings. The van der Waals surface area contributed by atoms with Crippen LogP contribution in [0.25, 0.3) is 0 Å². The largest absolute Gasteiger partial charge is 0.294 e. The Balaban J connectivity index is 1.48. The molecule has 5 nitrogen and oxygen atoms in total. The molecule has 0 spiro atoms. The molecule has 22 heavy (non-hydrogen) atoms. The van der Waals surface area contributed by atoms with Crippen molar-refractivity contribution in [2.24, 2.45) is 0 Å². The zero-order valence-corrected chi connectivity index (χ0v) is 13.4. The van der Waals surface area contributed by atoms with E-state index in [-0.39, 0.29) is 0 Å². The van der Waals surface area contributed by atoms with Crippen molar-refractivity contribution in [3.05, 3.63) is 40.7 Å². The van der Waals surface area contributed by atoms with Crippen LogP contribution < -0.4 is 0 Å². The van der Waals surface area contributed by atoms with Crippen LogP contribution in [0.5, 0.6) is 0 Å². The van der Waals surface area contributed by atoms with Gasteiger partial charge in [0.1, 0.15) is 5.82 Å². The molecule has 0 saturated heterocycles. The second-order valence-electron chi connectivity index (χ2n) is 6.53. The van der Waals surface area contributed by atoms with Crippen molar-refractivity contribution in [1.29, 1.82) is 0 Å². The number of aryl methyl sites for hydroxylation is 2. The van der Waals surface area contributed by atoms with Crippen LogP contribution in [-0.2, 0) is 26.1 Å². The second kappa shape index (κ2) is 5.47. The molecule has 5 heteroatoms. The lowest BCUT2D eigenvalue weighted by Crippen LogP contribution is -2.31. The van der Waals surface area contributed by atoms with E-state index in [1.807, 2.05) is 4.68 Å². The number of nitrogens with zero attached hydrogens (tertiary/aromatic N) is 5. The van der Waals surface area contributed by atoms with E-state index in [2.05, 4.69) is 41.2 Å². The summed E-state index contributed by atoms with van der Waals surface area (Å²) in [4.78, 5) is 11.9. The summed E-state index contributed by atoms with van der Waals surface area (Å²) in [6, 6.07) is 0. The van der Waals surface area contributed by atoms with Crippen molar-refractivity contribution < 1.29 is 0 Å². The maximum atomic E-state index is 4.80. The van der Waals surface area contributed by atoms with E-state index in [9.17, 15) is 0 Å². The van der Waals surface area contributed by atoms with Gasteiger partial charge in [0.15, 0.2) is 0 Å². The Kier molecular flexibility index (Phi) is 3.45. The number of fused-ring (bicyclic) bond motifs is 1. The lowest BCUT2D eigenvalue weighted by atomic mass is 10.1. The molecular weight excluding hydrogens is 274 g/mol. The molecule has 0 radical (unpaired) electrons. The van der Waals surface area contributed by atoms with Gasteiger partial charge in [-0.1, -0.05) is 0 Å². The fourth-order valence-electron chi connectivity index (χ4n) is 3.18. The van der Waals surface area contributed by atoms with Gasteiger partial charge in [-0.3, -0.25) is 9.58 Å². The first-order chi connectivity index (χ1) is 10.7. The van der Waals surface area contributed by atoms with Gasteiger partial charge in [0.2, 0.25) is 0 Å². The average molecular weight is 297 g/mol. The lowest BCUT2D eigenvalue weighted by molar-refractivity contribution is 0.242. The van der Waals surface area contributed by atoms with E-state index in [0.29, 0.717) is 5.92 Å². The Hall–Kier alpha value is -1.75. The zero-order valence-electron chi connectivity index (χ0n) is 13.4. The number of hydrogen-bond donors (Lipinski definition) is 0. The first-order valence-electron chi connectivity index (χ1n) is 8.33. The van der Waals surface area contributed by atoms with Crippen molar-refractivity contribution >= 4 is 0 Å². The SMILES string of the molecule is CCn1cc(CN2CCc3nc(C4CC4)ncc3C2)c(C)n1. The van der Waals surface area contributed by atoms with Crippen molar-refractivity contribution in [2.75, 3.05) is 6.54 Å². The molecule has 1 aliphatic heterocycles. The molecule has 3 heterocycles. The van der Waals surface area contributed by atoms with E-state index in [4.69, 9.17) is 4.98 Å². The van der Waals surface area contributed by atoms with Crippen LogP contribution >= 0.6 is 0 Å². The first-order valence-corrected chi connectivity index (χ1v) is 8.33. The maximum Gasteiger partial charge on any atom is 0.131 e. The van der Waals surface area contributed by atoms with E-state index >= 15 is 0 Å². The van der Waals surface area contributed by atoms with E-state index in [1.54, 1.807) is 0 Å². The van der Waals surface area contributed by atoms with Crippen LogP contribution in [0.4, 0.5) is 0 Å². The van der Waals surface area contributed by atoms with Crippen LogP contribution in [-0.4, -0.2) is 31.2 Å². The maximum absolute atomic E-state index is 4.80. The second-order valence-corrected chi connectivity index (χ2v) is 6.53. The van der Waals surface area contributed by atoms with Crippen LogP contribution in [0, 0.1) is 6.92 Å². The molecule has 1 fully saturated rings. The molecule has 1 saturated carbocycles. The summed E-state index contributed by atoms with van der Waals surface area (Å²) in [5.41, 5.74) is 5.05. The first kappa shape index (κ1) is 13.9. The smallest absolute Gasteiger partial charge is 0.131 e. The average Bonchev–Trinajstić information content (AvgIpc) is 3.32. The van der Waals surface area contributed by atoms with Gasteiger partial charge in [-0.2, -0.15) is 5.10 Å². The Labute approximate surface area is 131 Å². The van der Waals surface area contributed by atoms with Crippen molar-refractivity contribution in [3.63, 3.8) is 0 Å². The third-order valence-electron chi connectivity index (χ3n) is 4.74. The van der Waals surface area contributed by atoms with Gasteiger partial charge < -0.3 is 0 Å². The van der Waals surface area contributed by atoms with Gasteiger partial charge in [0.05, 0.1) is 5.69 Å². The topological polar surface area (TPSA) is 46.8 Å². The zero-order chi connectivity index (χ0) is 15.1. The number of aromatic nitrogens is 4. The summed E-state index contributed by atoms with van der Waals surface area (Å²) in [6.07, 6.45) is 7.82. The van der Waals surface area contributed by atoms with E-state index in [1.165, 1.54) is 29.7 Å². The summed E-state index contributed by atoms with van der Waals surface area (Å²) in [6.45, 7) is 8.16. The minimum absolute atomic E-state index is 0.644. The molecule has 116 valence electrons. The van der Waals surface area contributed by atoms with E-state index in [0.717, 1.165) is 44.1 Å². The van der Waals surface area contributed by atoms with Crippen LogP contribution in [0.1, 0.15) is 54.0 Å². The highest BCUT2D eigenvalue weighted by Gasteiger charge is 2.28. The predicted molar refractivity (Wildman–Crippen MR) is 84.5 cm³/mol. The standard InChI is InChI=1S/C17H23N5/c1-3-22-11-15(12(2)20-22)10-21-7-6-16-14(9-21)8-18-17(19-16)13-4-5-13/h8,11,13H,3-7,9-10H2,1-2H3. The van der Waals surface area contributed by atoms with Crippen molar-refractivity contribution in [1.82, 2.24) is 24.6 Å². The molecule has 0 amide bonds. The molecule has 0 bridgehead atoms. The van der Waals surface area contributed by atoms with Crippen molar-refractivity contribution in [3.8, 4) is 0 Å². The normalized spacial score (nSPS) is 18.5. The quantitative estimate of drug-likeness (QED) is 0.869. The van der Waals surface area contributed by atoms with E-state index < -0.39 is 0 Å². The summed E-state index contributed by atoms with van der Waals surface area (Å²) >= 11 is 0. The minimum atomic E-state index is 0.644. The van der Waals surface area contributed by atoms with Gasteiger partial charge in [-0.15, -0.1) is 0 Å². The third kappa shape index (κ3) is 2.65. The molecule has 0 N–H and O–H groups in total. The van der Waals surface area contributed by atoms with Gasteiger partial charge in [-0.05, 0) is 26.7 Å². The van der Waals surface area contributed by atoms with Gasteiger partial charge in [0, 0.05) is 67.7 Å². The summed E-state index contributed by atoms with van der Waals surface area (Å²) < 4.78 is 2.02. The van der Waals surface area contributed by atoms with Crippen LogP contribution in [0.2, 0.25) is 0 Å². The molecule has 4 rings (SSSR count). The molecule has 2 aromatic rings. The van der Waals surface area contributed by atoms with Gasteiger partial charge in [0.25, 0.3) is 0 Å². The van der Waals surface area contributed by atoms with Gasteiger partial charge >= 0.3 is 0 Å². The highest BCUT2D eigenvalue weighted by atomic mass is 15.3. The summed E-state index contributed by atoms with van der Waals surface area (Å²) in [5, 5.41) is 4.54. The molecule has 0 atom stereocenters. The summed E-state index contributed by atoms with van der Waals surface area (Å²) in [7, 11) is 0. The molecule has 2 aromatic heterocycles. The molecular formula is C17H23N5.